The van der Waals surface area contributed by atoms with Gasteiger partial charge in [0, 0.05) is 19.4 Å². The molecule has 2 aromatic carbocycles. The SMILES string of the molecule is O=C(CCC(=O)N1CCOc2ccccc21)NCCc1ccc(C(F)(F)F)cc1. The van der Waals surface area contributed by atoms with Crippen molar-refractivity contribution in [2.24, 2.45) is 0 Å². The highest BCUT2D eigenvalue weighted by molar-refractivity contribution is 5.97. The van der Waals surface area contributed by atoms with Crippen molar-refractivity contribution in [1.29, 1.82) is 0 Å². The molecule has 154 valence electrons. The Morgan fingerprint density at radius 3 is 2.48 bits per heavy atom. The summed E-state index contributed by atoms with van der Waals surface area (Å²) in [5.41, 5.74) is 0.694. The maximum atomic E-state index is 12.5. The van der Waals surface area contributed by atoms with Crippen molar-refractivity contribution in [1.82, 2.24) is 5.32 Å². The van der Waals surface area contributed by atoms with Gasteiger partial charge in [-0.2, -0.15) is 13.2 Å². The molecule has 0 fully saturated rings. The van der Waals surface area contributed by atoms with Crippen LogP contribution in [0.25, 0.3) is 0 Å². The summed E-state index contributed by atoms with van der Waals surface area (Å²) in [4.78, 5) is 26.1. The van der Waals surface area contributed by atoms with E-state index in [1.165, 1.54) is 12.1 Å². The fourth-order valence-electron chi connectivity index (χ4n) is 3.08. The summed E-state index contributed by atoms with van der Waals surface area (Å²) in [5, 5.41) is 2.70. The van der Waals surface area contributed by atoms with E-state index in [4.69, 9.17) is 4.74 Å². The number of hydrogen-bond acceptors (Lipinski definition) is 3. The van der Waals surface area contributed by atoms with Crippen molar-refractivity contribution in [2.45, 2.75) is 25.4 Å². The molecule has 0 radical (unpaired) electrons. The fraction of sp³-hybridized carbons (Fsp3) is 0.333. The number of carbonyl (C=O) groups is 2. The summed E-state index contributed by atoms with van der Waals surface area (Å²) in [6.45, 7) is 1.13. The number of para-hydroxylation sites is 2. The molecule has 2 aromatic rings. The van der Waals surface area contributed by atoms with E-state index < -0.39 is 11.7 Å². The first-order chi connectivity index (χ1) is 13.8. The molecule has 0 bridgehead atoms. The van der Waals surface area contributed by atoms with Crippen LogP contribution >= 0.6 is 0 Å². The number of fused-ring (bicyclic) bond motifs is 1. The van der Waals surface area contributed by atoms with E-state index in [9.17, 15) is 22.8 Å². The van der Waals surface area contributed by atoms with E-state index in [2.05, 4.69) is 5.32 Å². The third-order valence-corrected chi connectivity index (χ3v) is 4.61. The van der Waals surface area contributed by atoms with Gasteiger partial charge < -0.3 is 15.0 Å². The topological polar surface area (TPSA) is 58.6 Å². The van der Waals surface area contributed by atoms with Crippen LogP contribution in [0.1, 0.15) is 24.0 Å². The third-order valence-electron chi connectivity index (χ3n) is 4.61. The van der Waals surface area contributed by atoms with Crippen molar-refractivity contribution >= 4 is 17.5 Å². The predicted molar refractivity (Wildman–Crippen MR) is 102 cm³/mol. The Balaban J connectivity index is 1.42. The van der Waals surface area contributed by atoms with Gasteiger partial charge in [-0.05, 0) is 36.2 Å². The molecule has 1 N–H and O–H groups in total. The lowest BCUT2D eigenvalue weighted by atomic mass is 10.1. The number of nitrogens with zero attached hydrogens (tertiary/aromatic N) is 1. The van der Waals surface area contributed by atoms with Crippen molar-refractivity contribution in [3.63, 3.8) is 0 Å². The van der Waals surface area contributed by atoms with Crippen LogP contribution in [0.2, 0.25) is 0 Å². The quantitative estimate of drug-likeness (QED) is 0.798. The zero-order chi connectivity index (χ0) is 20.9. The summed E-state index contributed by atoms with van der Waals surface area (Å²) in [6, 6.07) is 12.1. The van der Waals surface area contributed by atoms with Crippen LogP contribution in [0, 0.1) is 0 Å². The average Bonchev–Trinajstić information content (AvgIpc) is 2.71. The van der Waals surface area contributed by atoms with Gasteiger partial charge >= 0.3 is 6.18 Å². The van der Waals surface area contributed by atoms with Crippen LogP contribution in [0.15, 0.2) is 48.5 Å². The number of anilines is 1. The molecule has 0 aromatic heterocycles. The number of amides is 2. The van der Waals surface area contributed by atoms with Crippen LogP contribution in [0.3, 0.4) is 0 Å². The lowest BCUT2D eigenvalue weighted by Gasteiger charge is -2.29. The van der Waals surface area contributed by atoms with E-state index in [1.807, 2.05) is 12.1 Å². The lowest BCUT2D eigenvalue weighted by Crippen LogP contribution is -2.38. The predicted octanol–water partition coefficient (Wildman–Crippen LogP) is 3.57. The van der Waals surface area contributed by atoms with Gasteiger partial charge in [-0.25, -0.2) is 0 Å². The Labute approximate surface area is 166 Å². The van der Waals surface area contributed by atoms with Crippen molar-refractivity contribution in [2.75, 3.05) is 24.6 Å². The van der Waals surface area contributed by atoms with Gasteiger partial charge in [0.2, 0.25) is 11.8 Å². The average molecular weight is 406 g/mol. The molecule has 5 nitrogen and oxygen atoms in total. The summed E-state index contributed by atoms with van der Waals surface area (Å²) in [6.07, 6.45) is -3.83. The Hall–Kier alpha value is -3.03. The maximum absolute atomic E-state index is 12.5. The van der Waals surface area contributed by atoms with Gasteiger partial charge in [0.15, 0.2) is 0 Å². The third kappa shape index (κ3) is 5.49. The summed E-state index contributed by atoms with van der Waals surface area (Å²) >= 11 is 0. The molecular weight excluding hydrogens is 385 g/mol. The minimum Gasteiger partial charge on any atom is -0.490 e. The highest BCUT2D eigenvalue weighted by Gasteiger charge is 2.29. The van der Waals surface area contributed by atoms with Crippen LogP contribution in [0.4, 0.5) is 18.9 Å². The van der Waals surface area contributed by atoms with E-state index >= 15 is 0 Å². The number of ether oxygens (including phenoxy) is 1. The molecule has 29 heavy (non-hydrogen) atoms. The molecular formula is C21H21F3N2O3. The number of carbonyl (C=O) groups excluding carboxylic acids is 2. The van der Waals surface area contributed by atoms with Crippen molar-refractivity contribution < 1.29 is 27.5 Å². The highest BCUT2D eigenvalue weighted by atomic mass is 19.4. The zero-order valence-electron chi connectivity index (χ0n) is 15.7. The Kier molecular flexibility index (Phi) is 6.41. The van der Waals surface area contributed by atoms with Gasteiger partial charge in [-0.15, -0.1) is 0 Å². The summed E-state index contributed by atoms with van der Waals surface area (Å²) in [5.74, 6) is 0.221. The van der Waals surface area contributed by atoms with E-state index in [0.717, 1.165) is 12.1 Å². The largest absolute Gasteiger partial charge is 0.490 e. The van der Waals surface area contributed by atoms with Crippen LogP contribution in [-0.4, -0.2) is 31.5 Å². The van der Waals surface area contributed by atoms with Crippen LogP contribution in [-0.2, 0) is 22.2 Å². The molecule has 8 heteroatoms. The number of halogens is 3. The first-order valence-electron chi connectivity index (χ1n) is 9.29. The van der Waals surface area contributed by atoms with Gasteiger partial charge in [-0.1, -0.05) is 24.3 Å². The van der Waals surface area contributed by atoms with E-state index in [0.29, 0.717) is 43.1 Å². The molecule has 3 rings (SSSR count). The molecule has 0 aliphatic carbocycles. The van der Waals surface area contributed by atoms with Crippen molar-refractivity contribution in [3.8, 4) is 5.75 Å². The molecule has 0 saturated carbocycles. The molecule has 0 unspecified atom stereocenters. The number of alkyl halides is 3. The highest BCUT2D eigenvalue weighted by Crippen LogP contribution is 2.31. The van der Waals surface area contributed by atoms with E-state index in [1.54, 1.807) is 17.0 Å². The minimum atomic E-state index is -4.36. The second-order valence-corrected chi connectivity index (χ2v) is 6.66. The molecule has 0 saturated heterocycles. The molecule has 2 amide bonds. The summed E-state index contributed by atoms with van der Waals surface area (Å²) in [7, 11) is 0. The zero-order valence-corrected chi connectivity index (χ0v) is 15.7. The molecule has 0 spiro atoms. The maximum Gasteiger partial charge on any atom is 0.416 e. The first-order valence-corrected chi connectivity index (χ1v) is 9.29. The smallest absolute Gasteiger partial charge is 0.416 e. The normalized spacial score (nSPS) is 13.4. The van der Waals surface area contributed by atoms with Gasteiger partial charge in [0.1, 0.15) is 12.4 Å². The second-order valence-electron chi connectivity index (χ2n) is 6.66. The number of rotatable bonds is 6. The first kappa shape index (κ1) is 20.7. The Bertz CT molecular complexity index is 866. The Morgan fingerprint density at radius 2 is 1.76 bits per heavy atom. The standard InChI is InChI=1S/C21H21F3N2O3/c22-21(23,24)16-7-5-15(6-8-16)11-12-25-19(27)9-10-20(28)26-13-14-29-18-4-2-1-3-17(18)26/h1-8H,9-14H2,(H,25,27). The summed E-state index contributed by atoms with van der Waals surface area (Å²) < 4.78 is 43.2. The number of hydrogen-bond donors (Lipinski definition) is 1. The van der Waals surface area contributed by atoms with Gasteiger partial charge in [0.25, 0.3) is 0 Å². The van der Waals surface area contributed by atoms with Gasteiger partial charge in [0.05, 0.1) is 17.8 Å². The van der Waals surface area contributed by atoms with Crippen LogP contribution < -0.4 is 15.0 Å². The Morgan fingerprint density at radius 1 is 1.03 bits per heavy atom. The molecule has 0 atom stereocenters. The molecule has 1 aliphatic heterocycles. The van der Waals surface area contributed by atoms with E-state index in [-0.39, 0.29) is 24.7 Å². The lowest BCUT2D eigenvalue weighted by molar-refractivity contribution is -0.137. The fourth-order valence-corrected chi connectivity index (χ4v) is 3.08. The number of benzene rings is 2. The molecule has 1 aliphatic rings. The van der Waals surface area contributed by atoms with Crippen molar-refractivity contribution in [3.05, 3.63) is 59.7 Å². The van der Waals surface area contributed by atoms with Gasteiger partial charge in [-0.3, -0.25) is 9.59 Å². The monoisotopic (exact) mass is 406 g/mol. The molecule has 1 heterocycles. The van der Waals surface area contributed by atoms with Crippen LogP contribution in [0.5, 0.6) is 5.75 Å². The minimum absolute atomic E-state index is 0.0470. The second kappa shape index (κ2) is 8.98. The number of nitrogens with one attached hydrogen (secondary N) is 1.